The minimum absolute atomic E-state index is 0.0140. The van der Waals surface area contributed by atoms with Crippen LogP contribution in [-0.4, -0.2) is 55.9 Å². The number of carbonyl (C=O) groups excluding carboxylic acids is 1. The van der Waals surface area contributed by atoms with E-state index in [9.17, 15) is 10.3 Å². The molecule has 1 amide bonds. The Labute approximate surface area is 260 Å². The second-order valence-electron chi connectivity index (χ2n) is 10.1. The zero-order valence-corrected chi connectivity index (χ0v) is 24.9. The molecule has 0 aliphatic carbocycles. The van der Waals surface area contributed by atoms with Crippen LogP contribution in [0.1, 0.15) is 41.2 Å². The molecule has 3 aromatic carbocycles. The fourth-order valence-electron chi connectivity index (χ4n) is 4.95. The molecule has 0 fully saturated rings. The van der Waals surface area contributed by atoms with Crippen LogP contribution in [-0.2, 0) is 27.2 Å². The van der Waals surface area contributed by atoms with Crippen molar-refractivity contribution in [1.82, 2.24) is 10.9 Å². The van der Waals surface area contributed by atoms with E-state index in [1.54, 1.807) is 55.6 Å². The molecule has 0 saturated carbocycles. The van der Waals surface area contributed by atoms with Gasteiger partial charge in [-0.05, 0) is 58.4 Å². The summed E-state index contributed by atoms with van der Waals surface area (Å²) in [6, 6.07) is 21.3. The molecular formula is C31H35N9O5. The maximum Gasteiger partial charge on any atom is 0.266 e. The summed E-state index contributed by atoms with van der Waals surface area (Å²) < 4.78 is 17.4. The normalized spacial score (nSPS) is 16.9. The molecule has 1 aliphatic heterocycles. The molecule has 14 heteroatoms. The Hall–Kier alpha value is -5.10. The van der Waals surface area contributed by atoms with Crippen LogP contribution in [0.3, 0.4) is 0 Å². The Kier molecular flexibility index (Phi) is 12.2. The highest BCUT2D eigenvalue weighted by Crippen LogP contribution is 2.44. The van der Waals surface area contributed by atoms with Gasteiger partial charge in [0.05, 0.1) is 13.2 Å². The third-order valence-corrected chi connectivity index (χ3v) is 7.13. The minimum Gasteiger partial charge on any atom is -0.494 e. The molecule has 0 radical (unpaired) electrons. The molecule has 3 aromatic rings. The summed E-state index contributed by atoms with van der Waals surface area (Å²) >= 11 is 0. The Balaban J connectivity index is 1.84. The number of rotatable bonds is 17. The molecule has 45 heavy (non-hydrogen) atoms. The fraction of sp³-hybridized carbons (Fsp3) is 0.355. The van der Waals surface area contributed by atoms with Gasteiger partial charge in [0.15, 0.2) is 11.6 Å². The van der Waals surface area contributed by atoms with E-state index >= 15 is 0 Å². The van der Waals surface area contributed by atoms with Gasteiger partial charge in [-0.2, -0.15) is 0 Å². The molecule has 2 atom stereocenters. The molecule has 0 aromatic heterocycles. The van der Waals surface area contributed by atoms with E-state index in [1.807, 2.05) is 24.3 Å². The van der Waals surface area contributed by atoms with Crippen molar-refractivity contribution >= 4 is 17.5 Å². The Morgan fingerprint density at radius 2 is 1.78 bits per heavy atom. The monoisotopic (exact) mass is 613 g/mol. The second-order valence-corrected chi connectivity index (χ2v) is 10.1. The van der Waals surface area contributed by atoms with Crippen LogP contribution in [0.2, 0.25) is 0 Å². The Bertz CT molecular complexity index is 1570. The van der Waals surface area contributed by atoms with Crippen LogP contribution in [0.25, 0.3) is 20.9 Å². The third kappa shape index (κ3) is 8.30. The largest absolute Gasteiger partial charge is 0.494 e. The first-order chi connectivity index (χ1) is 22.1. The number of aliphatic hydroxyl groups excluding tert-OH is 1. The van der Waals surface area contributed by atoms with E-state index in [4.69, 9.17) is 29.8 Å². The summed E-state index contributed by atoms with van der Waals surface area (Å²) in [6.45, 7) is 1.37. The molecule has 0 spiro atoms. The lowest BCUT2D eigenvalue weighted by molar-refractivity contribution is -0.130. The first-order valence-corrected chi connectivity index (χ1v) is 14.4. The van der Waals surface area contributed by atoms with Crippen molar-refractivity contribution in [3.8, 4) is 5.75 Å². The first kappa shape index (κ1) is 32.8. The highest BCUT2D eigenvalue weighted by Gasteiger charge is 2.54. The van der Waals surface area contributed by atoms with E-state index in [1.165, 1.54) is 0 Å². The number of methoxy groups -OCH3 is 1. The van der Waals surface area contributed by atoms with Gasteiger partial charge in [0.25, 0.3) is 5.91 Å². The maximum absolute atomic E-state index is 14.3. The van der Waals surface area contributed by atoms with E-state index in [-0.39, 0.29) is 25.5 Å². The molecule has 14 nitrogen and oxygen atoms in total. The van der Waals surface area contributed by atoms with Crippen molar-refractivity contribution < 1.29 is 24.1 Å². The predicted octanol–water partition coefficient (Wildman–Crippen LogP) is 5.36. The summed E-state index contributed by atoms with van der Waals surface area (Å²) in [5, 5.41) is 16.7. The van der Waals surface area contributed by atoms with Crippen LogP contribution >= 0.6 is 0 Å². The topological polar surface area (TPSA) is 199 Å². The summed E-state index contributed by atoms with van der Waals surface area (Å²) in [7, 11) is 1.60. The number of aliphatic imine (C=N–C) groups is 1. The van der Waals surface area contributed by atoms with Crippen LogP contribution in [0.5, 0.6) is 5.75 Å². The highest BCUT2D eigenvalue weighted by atomic mass is 16.5. The average molecular weight is 614 g/mol. The SMILES string of the molecule is COCCCNNC(=O)[C@@]1(Cc2ccccc2N=[N+]=[N-])N=C(c2ccc(OCCCO)cc2)O[C@H]1c1ccccc1CN=[N+]=[N-]. The van der Waals surface area contributed by atoms with Crippen molar-refractivity contribution in [3.05, 3.63) is 116 Å². The van der Waals surface area contributed by atoms with Gasteiger partial charge in [-0.3, -0.25) is 10.2 Å². The number of nitrogens with zero attached hydrogens (tertiary/aromatic N) is 7. The Morgan fingerprint density at radius 1 is 1.02 bits per heavy atom. The molecular weight excluding hydrogens is 578 g/mol. The average Bonchev–Trinajstić information content (AvgIpc) is 3.45. The van der Waals surface area contributed by atoms with Crippen molar-refractivity contribution in [3.63, 3.8) is 0 Å². The Morgan fingerprint density at radius 3 is 2.51 bits per heavy atom. The van der Waals surface area contributed by atoms with Gasteiger partial charge < -0.3 is 19.3 Å². The molecule has 4 rings (SSSR count). The molecule has 1 heterocycles. The molecule has 0 saturated heterocycles. The number of amides is 1. The smallest absolute Gasteiger partial charge is 0.266 e. The van der Waals surface area contributed by atoms with Crippen molar-refractivity contribution in [2.75, 3.05) is 33.5 Å². The summed E-state index contributed by atoms with van der Waals surface area (Å²) in [6.07, 6.45) is 0.209. The number of ether oxygens (including phenoxy) is 3. The van der Waals surface area contributed by atoms with Gasteiger partial charge in [-0.25, -0.2) is 10.4 Å². The predicted molar refractivity (Wildman–Crippen MR) is 168 cm³/mol. The number of carbonyl (C=O) groups is 1. The molecule has 0 bridgehead atoms. The molecule has 3 N–H and O–H groups in total. The highest BCUT2D eigenvalue weighted by molar-refractivity contribution is 6.01. The van der Waals surface area contributed by atoms with E-state index < -0.39 is 17.6 Å². The number of hydrazine groups is 1. The van der Waals surface area contributed by atoms with Crippen molar-refractivity contribution in [1.29, 1.82) is 0 Å². The standard InChI is InChI=1S/C31H35N9O5/c1-43-18-6-16-34-38-30(42)31(20-23-8-3-5-11-27(23)37-40-33)28(26-10-4-2-9-24(26)21-35-39-32)45-29(36-31)22-12-14-25(15-13-22)44-19-7-17-41/h2-5,8-15,28,34,41H,6-7,16-21H2,1H3,(H,38,42)/t28-,31-/m0/s1. The number of hydrogen-bond donors (Lipinski definition) is 3. The molecule has 1 aliphatic rings. The van der Waals surface area contributed by atoms with Crippen molar-refractivity contribution in [2.24, 2.45) is 15.2 Å². The number of azide groups is 2. The lowest BCUT2D eigenvalue weighted by Crippen LogP contribution is -2.54. The van der Waals surface area contributed by atoms with Gasteiger partial charge in [-0.15, -0.1) is 0 Å². The summed E-state index contributed by atoms with van der Waals surface area (Å²) in [4.78, 5) is 25.2. The second kappa shape index (κ2) is 16.7. The third-order valence-electron chi connectivity index (χ3n) is 7.13. The van der Waals surface area contributed by atoms with Crippen LogP contribution in [0.4, 0.5) is 5.69 Å². The first-order valence-electron chi connectivity index (χ1n) is 14.4. The zero-order chi connectivity index (χ0) is 31.9. The molecule has 234 valence electrons. The van der Waals surface area contributed by atoms with E-state index in [0.717, 1.165) is 0 Å². The van der Waals surface area contributed by atoms with E-state index in [2.05, 4.69) is 30.9 Å². The van der Waals surface area contributed by atoms with Crippen molar-refractivity contribution in [2.45, 2.75) is 37.5 Å². The van der Waals surface area contributed by atoms with Crippen LogP contribution in [0.15, 0.2) is 88.0 Å². The van der Waals surface area contributed by atoms with Gasteiger partial charge in [-0.1, -0.05) is 58.8 Å². The quantitative estimate of drug-likeness (QED) is 0.0602. The number of aliphatic hydroxyl groups is 1. The fourth-order valence-corrected chi connectivity index (χ4v) is 4.95. The van der Waals surface area contributed by atoms with Gasteiger partial charge >= 0.3 is 0 Å². The van der Waals surface area contributed by atoms with Gasteiger partial charge in [0, 0.05) is 60.8 Å². The summed E-state index contributed by atoms with van der Waals surface area (Å²) in [5.41, 5.74) is 25.3. The zero-order valence-electron chi connectivity index (χ0n) is 24.9. The number of nitrogens with one attached hydrogen (secondary N) is 2. The van der Waals surface area contributed by atoms with Crippen LogP contribution < -0.4 is 15.6 Å². The van der Waals surface area contributed by atoms with Gasteiger partial charge in [0.2, 0.25) is 5.90 Å². The number of benzene rings is 3. The van der Waals surface area contributed by atoms with Gasteiger partial charge in [0.1, 0.15) is 5.75 Å². The summed E-state index contributed by atoms with van der Waals surface area (Å²) in [5.74, 6) is 0.351. The maximum atomic E-state index is 14.3. The minimum atomic E-state index is -1.59. The number of hydrogen-bond acceptors (Lipinski definition) is 9. The molecule has 0 unspecified atom stereocenters. The van der Waals surface area contributed by atoms with Crippen LogP contribution in [0, 0.1) is 0 Å². The van der Waals surface area contributed by atoms with E-state index in [0.29, 0.717) is 66.3 Å². The lowest BCUT2D eigenvalue weighted by atomic mass is 9.80. The lowest BCUT2D eigenvalue weighted by Gasteiger charge is -2.32.